The molecule has 1 atom stereocenters. The lowest BCUT2D eigenvalue weighted by Crippen LogP contribution is -2.41. The fraction of sp³-hybridized carbons (Fsp3) is 0.462. The smallest absolute Gasteiger partial charge is 0.283 e. The van der Waals surface area contributed by atoms with Gasteiger partial charge in [0.25, 0.3) is 11.6 Å². The summed E-state index contributed by atoms with van der Waals surface area (Å²) in [6.07, 6.45) is 0.350. The molecule has 9 heteroatoms. The van der Waals surface area contributed by atoms with Crippen molar-refractivity contribution in [2.24, 2.45) is 0 Å². The molecule has 0 bridgehead atoms. The third-order valence-electron chi connectivity index (χ3n) is 3.64. The Morgan fingerprint density at radius 1 is 1.50 bits per heavy atom. The molecular formula is C13H15ClN2O5S. The number of carbonyl (C=O) groups is 1. The van der Waals surface area contributed by atoms with Crippen molar-refractivity contribution in [3.8, 4) is 0 Å². The minimum Gasteiger partial charge on any atom is -0.335 e. The van der Waals surface area contributed by atoms with Crippen molar-refractivity contribution in [2.45, 2.75) is 19.4 Å². The zero-order valence-corrected chi connectivity index (χ0v) is 13.4. The molecule has 1 unspecified atom stereocenters. The maximum Gasteiger partial charge on any atom is 0.283 e. The largest absolute Gasteiger partial charge is 0.335 e. The number of hydrogen-bond acceptors (Lipinski definition) is 5. The van der Waals surface area contributed by atoms with Crippen LogP contribution >= 0.6 is 11.6 Å². The minimum absolute atomic E-state index is 0.0319. The van der Waals surface area contributed by atoms with Gasteiger partial charge in [0.1, 0.15) is 5.56 Å². The molecular weight excluding hydrogens is 332 g/mol. The summed E-state index contributed by atoms with van der Waals surface area (Å²) in [4.78, 5) is 24.4. The van der Waals surface area contributed by atoms with Crippen LogP contribution in [0.25, 0.3) is 0 Å². The van der Waals surface area contributed by atoms with E-state index < -0.39 is 26.7 Å². The van der Waals surface area contributed by atoms with E-state index in [0.29, 0.717) is 6.42 Å². The summed E-state index contributed by atoms with van der Waals surface area (Å²) >= 11 is 5.73. The van der Waals surface area contributed by atoms with E-state index in [1.54, 1.807) is 6.92 Å². The van der Waals surface area contributed by atoms with Gasteiger partial charge in [-0.2, -0.15) is 0 Å². The van der Waals surface area contributed by atoms with Crippen molar-refractivity contribution in [1.29, 1.82) is 0 Å². The van der Waals surface area contributed by atoms with Gasteiger partial charge in [-0.15, -0.1) is 0 Å². The first-order valence-electron chi connectivity index (χ1n) is 6.70. The van der Waals surface area contributed by atoms with Gasteiger partial charge in [0.15, 0.2) is 9.84 Å². The van der Waals surface area contributed by atoms with Crippen LogP contribution in [0.15, 0.2) is 18.2 Å². The monoisotopic (exact) mass is 346 g/mol. The van der Waals surface area contributed by atoms with E-state index in [9.17, 15) is 23.3 Å². The van der Waals surface area contributed by atoms with Gasteiger partial charge in [-0.1, -0.05) is 11.6 Å². The number of nitro groups is 1. The van der Waals surface area contributed by atoms with Crippen LogP contribution in [0.1, 0.15) is 23.7 Å². The number of amides is 1. The predicted molar refractivity (Wildman–Crippen MR) is 81.9 cm³/mol. The van der Waals surface area contributed by atoms with Crippen LogP contribution in [0.5, 0.6) is 0 Å². The Morgan fingerprint density at radius 3 is 2.68 bits per heavy atom. The number of sulfone groups is 1. The predicted octanol–water partition coefficient (Wildman–Crippen LogP) is 1.90. The summed E-state index contributed by atoms with van der Waals surface area (Å²) in [5.41, 5.74) is -0.461. The highest BCUT2D eigenvalue weighted by atomic mass is 35.5. The molecule has 120 valence electrons. The van der Waals surface area contributed by atoms with E-state index >= 15 is 0 Å². The van der Waals surface area contributed by atoms with Gasteiger partial charge in [0.05, 0.1) is 16.4 Å². The van der Waals surface area contributed by atoms with E-state index in [1.807, 2.05) is 0 Å². The lowest BCUT2D eigenvalue weighted by molar-refractivity contribution is -0.385. The average molecular weight is 347 g/mol. The fourth-order valence-electron chi connectivity index (χ4n) is 2.58. The van der Waals surface area contributed by atoms with Gasteiger partial charge in [-0.25, -0.2) is 8.42 Å². The topological polar surface area (TPSA) is 97.6 Å². The molecule has 0 aliphatic carbocycles. The van der Waals surface area contributed by atoms with Gasteiger partial charge in [-0.05, 0) is 25.5 Å². The summed E-state index contributed by atoms with van der Waals surface area (Å²) in [7, 11) is -3.15. The van der Waals surface area contributed by atoms with E-state index in [4.69, 9.17) is 11.6 Å². The van der Waals surface area contributed by atoms with Crippen LogP contribution in [0, 0.1) is 10.1 Å². The van der Waals surface area contributed by atoms with Gasteiger partial charge in [0.2, 0.25) is 0 Å². The number of benzene rings is 1. The molecule has 1 saturated heterocycles. The Bertz CT molecular complexity index is 719. The molecule has 22 heavy (non-hydrogen) atoms. The zero-order chi connectivity index (χ0) is 16.5. The quantitative estimate of drug-likeness (QED) is 0.612. The summed E-state index contributed by atoms with van der Waals surface area (Å²) in [6.45, 7) is 1.99. The summed E-state index contributed by atoms with van der Waals surface area (Å²) in [5.74, 6) is -0.619. The van der Waals surface area contributed by atoms with Crippen molar-refractivity contribution >= 4 is 33.0 Å². The molecule has 1 heterocycles. The third-order valence-corrected chi connectivity index (χ3v) is 5.62. The summed E-state index contributed by atoms with van der Waals surface area (Å²) in [6, 6.07) is 3.38. The third kappa shape index (κ3) is 3.38. The number of halogens is 1. The molecule has 7 nitrogen and oxygen atoms in total. The molecule has 1 aromatic rings. The molecule has 1 aliphatic heterocycles. The van der Waals surface area contributed by atoms with Gasteiger partial charge >= 0.3 is 0 Å². The summed E-state index contributed by atoms with van der Waals surface area (Å²) < 4.78 is 23.2. The van der Waals surface area contributed by atoms with E-state index in [0.717, 1.165) is 6.07 Å². The molecule has 1 fully saturated rings. The maximum absolute atomic E-state index is 12.6. The van der Waals surface area contributed by atoms with Crippen LogP contribution in [-0.4, -0.2) is 48.2 Å². The first-order chi connectivity index (χ1) is 10.2. The first-order valence-corrected chi connectivity index (χ1v) is 8.90. The van der Waals surface area contributed by atoms with Gasteiger partial charge < -0.3 is 4.90 Å². The standard InChI is InChI=1S/C13H15ClN2O5S/c1-2-15(10-5-6-22(20,21)8-10)13(17)11-4-3-9(14)7-12(11)16(18)19/h3-4,7,10H,2,5-6,8H2,1H3. The van der Waals surface area contributed by atoms with Crippen molar-refractivity contribution in [2.75, 3.05) is 18.1 Å². The van der Waals surface area contributed by atoms with Crippen LogP contribution in [0.4, 0.5) is 5.69 Å². The zero-order valence-electron chi connectivity index (χ0n) is 11.9. The molecule has 1 amide bonds. The fourth-order valence-corrected chi connectivity index (χ4v) is 4.48. The second-order valence-corrected chi connectivity index (χ2v) is 7.73. The Morgan fingerprint density at radius 2 is 2.18 bits per heavy atom. The highest BCUT2D eigenvalue weighted by Gasteiger charge is 2.36. The van der Waals surface area contributed by atoms with Crippen LogP contribution in [-0.2, 0) is 9.84 Å². The first kappa shape index (κ1) is 16.7. The lowest BCUT2D eigenvalue weighted by Gasteiger charge is -2.26. The Kier molecular flexibility index (Phi) is 4.72. The Balaban J connectivity index is 2.36. The average Bonchev–Trinajstić information content (AvgIpc) is 2.79. The number of nitrogens with zero attached hydrogens (tertiary/aromatic N) is 2. The van der Waals surface area contributed by atoms with Crippen molar-refractivity contribution in [3.05, 3.63) is 38.9 Å². The Hall–Kier alpha value is -1.67. The van der Waals surface area contributed by atoms with Crippen molar-refractivity contribution in [3.63, 3.8) is 0 Å². The SMILES string of the molecule is CCN(C(=O)c1ccc(Cl)cc1[N+](=O)[O-])C1CCS(=O)(=O)C1. The highest BCUT2D eigenvalue weighted by Crippen LogP contribution is 2.27. The van der Waals surface area contributed by atoms with E-state index in [-0.39, 0.29) is 34.3 Å². The second kappa shape index (κ2) is 6.21. The molecule has 0 saturated carbocycles. The van der Waals surface area contributed by atoms with Crippen LogP contribution in [0.3, 0.4) is 0 Å². The lowest BCUT2D eigenvalue weighted by atomic mass is 10.1. The number of hydrogen-bond donors (Lipinski definition) is 0. The number of rotatable bonds is 4. The second-order valence-electron chi connectivity index (χ2n) is 5.07. The van der Waals surface area contributed by atoms with E-state index in [1.165, 1.54) is 17.0 Å². The minimum atomic E-state index is -3.15. The highest BCUT2D eigenvalue weighted by molar-refractivity contribution is 7.91. The van der Waals surface area contributed by atoms with Crippen molar-refractivity contribution < 1.29 is 18.1 Å². The normalized spacial score (nSPS) is 19.8. The molecule has 0 spiro atoms. The molecule has 1 aliphatic rings. The molecule has 2 rings (SSSR count). The van der Waals surface area contributed by atoms with Gasteiger partial charge in [-0.3, -0.25) is 14.9 Å². The van der Waals surface area contributed by atoms with E-state index in [2.05, 4.69) is 0 Å². The molecule has 1 aromatic carbocycles. The molecule has 0 radical (unpaired) electrons. The maximum atomic E-state index is 12.6. The van der Waals surface area contributed by atoms with Crippen LogP contribution in [0.2, 0.25) is 5.02 Å². The summed E-state index contributed by atoms with van der Waals surface area (Å²) in [5, 5.41) is 11.3. The van der Waals surface area contributed by atoms with Crippen molar-refractivity contribution in [1.82, 2.24) is 4.90 Å². The number of nitro benzene ring substituents is 1. The molecule has 0 N–H and O–H groups in total. The Labute approximate surface area is 132 Å². The number of carbonyl (C=O) groups excluding carboxylic acids is 1. The molecule has 0 aromatic heterocycles. The van der Waals surface area contributed by atoms with Crippen LogP contribution < -0.4 is 0 Å². The van der Waals surface area contributed by atoms with Gasteiger partial charge in [0, 0.05) is 23.7 Å².